The SMILES string of the molecule is CCc1c(C)ccc2c1C(=O)C[C@H]1C(C)(C)C(=O)C=C[C@@]21O. The third-order valence-electron chi connectivity index (χ3n) is 5.53. The van der Waals surface area contributed by atoms with Crippen molar-refractivity contribution in [3.05, 3.63) is 46.5 Å². The highest BCUT2D eigenvalue weighted by Gasteiger charge is 2.55. The second-order valence-electron chi connectivity index (χ2n) is 7.06. The van der Waals surface area contributed by atoms with Gasteiger partial charge in [0.05, 0.1) is 0 Å². The van der Waals surface area contributed by atoms with Gasteiger partial charge in [-0.15, -0.1) is 0 Å². The first kappa shape index (κ1) is 15.2. The second-order valence-corrected chi connectivity index (χ2v) is 7.06. The Labute approximate surface area is 131 Å². The minimum absolute atomic E-state index is 0.0266. The molecular formula is C19H22O3. The van der Waals surface area contributed by atoms with E-state index in [4.69, 9.17) is 0 Å². The predicted octanol–water partition coefficient (Wildman–Crippen LogP) is 3.11. The Kier molecular flexibility index (Phi) is 3.19. The Balaban J connectivity index is 2.32. The molecule has 22 heavy (non-hydrogen) atoms. The molecule has 0 aromatic heterocycles. The summed E-state index contributed by atoms with van der Waals surface area (Å²) in [6, 6.07) is 3.81. The molecule has 0 fully saturated rings. The van der Waals surface area contributed by atoms with Crippen LogP contribution >= 0.6 is 0 Å². The van der Waals surface area contributed by atoms with Crippen molar-refractivity contribution >= 4 is 11.6 Å². The number of benzene rings is 1. The fourth-order valence-corrected chi connectivity index (χ4v) is 4.09. The van der Waals surface area contributed by atoms with Gasteiger partial charge in [-0.3, -0.25) is 9.59 Å². The molecule has 0 aliphatic heterocycles. The first-order valence-electron chi connectivity index (χ1n) is 7.85. The molecule has 0 unspecified atom stereocenters. The summed E-state index contributed by atoms with van der Waals surface area (Å²) >= 11 is 0. The quantitative estimate of drug-likeness (QED) is 0.866. The van der Waals surface area contributed by atoms with Crippen molar-refractivity contribution in [2.45, 2.75) is 46.1 Å². The van der Waals surface area contributed by atoms with Gasteiger partial charge in [0.2, 0.25) is 0 Å². The van der Waals surface area contributed by atoms with E-state index < -0.39 is 16.9 Å². The summed E-state index contributed by atoms with van der Waals surface area (Å²) in [6.07, 6.45) is 4.03. The van der Waals surface area contributed by atoms with Crippen LogP contribution in [0.3, 0.4) is 0 Å². The highest BCUT2D eigenvalue weighted by molar-refractivity contribution is 6.04. The molecule has 1 N–H and O–H groups in total. The van der Waals surface area contributed by atoms with Gasteiger partial charge in [-0.25, -0.2) is 0 Å². The smallest absolute Gasteiger partial charge is 0.164 e. The summed E-state index contributed by atoms with van der Waals surface area (Å²) in [7, 11) is 0. The van der Waals surface area contributed by atoms with E-state index >= 15 is 0 Å². The van der Waals surface area contributed by atoms with Crippen molar-refractivity contribution in [2.24, 2.45) is 11.3 Å². The van der Waals surface area contributed by atoms with Crippen LogP contribution in [0.25, 0.3) is 0 Å². The summed E-state index contributed by atoms with van der Waals surface area (Å²) in [5, 5.41) is 11.3. The molecule has 3 nitrogen and oxygen atoms in total. The van der Waals surface area contributed by atoms with Crippen LogP contribution in [0.4, 0.5) is 0 Å². The van der Waals surface area contributed by atoms with Crippen LogP contribution in [-0.4, -0.2) is 16.7 Å². The predicted molar refractivity (Wildman–Crippen MR) is 84.8 cm³/mol. The topological polar surface area (TPSA) is 54.4 Å². The maximum Gasteiger partial charge on any atom is 0.164 e. The average Bonchev–Trinajstić information content (AvgIpc) is 2.46. The van der Waals surface area contributed by atoms with E-state index in [9.17, 15) is 14.7 Å². The van der Waals surface area contributed by atoms with Gasteiger partial charge in [0.1, 0.15) is 5.60 Å². The monoisotopic (exact) mass is 298 g/mol. The molecule has 3 rings (SSSR count). The molecule has 0 saturated heterocycles. The van der Waals surface area contributed by atoms with E-state index in [0.29, 0.717) is 11.1 Å². The van der Waals surface area contributed by atoms with Crippen molar-refractivity contribution in [1.29, 1.82) is 0 Å². The third-order valence-corrected chi connectivity index (χ3v) is 5.53. The molecular weight excluding hydrogens is 276 g/mol. The number of carbonyl (C=O) groups excluding carboxylic acids is 2. The highest BCUT2D eigenvalue weighted by Crippen LogP contribution is 2.52. The standard InChI is InChI=1S/C19H22O3/c1-5-12-11(2)6-7-13-17(12)14(20)10-15-18(3,4)16(21)8-9-19(13,15)22/h6-9,15,22H,5,10H2,1-4H3/t15-,19+/m0/s1. The van der Waals surface area contributed by atoms with Crippen LogP contribution in [0.15, 0.2) is 24.3 Å². The minimum Gasteiger partial charge on any atom is -0.381 e. The Hall–Kier alpha value is -1.74. The summed E-state index contributed by atoms with van der Waals surface area (Å²) in [6.45, 7) is 7.66. The number of allylic oxidation sites excluding steroid dienone is 1. The average molecular weight is 298 g/mol. The molecule has 116 valence electrons. The van der Waals surface area contributed by atoms with Gasteiger partial charge in [0.25, 0.3) is 0 Å². The zero-order valence-corrected chi connectivity index (χ0v) is 13.6. The molecule has 1 aromatic rings. The van der Waals surface area contributed by atoms with Crippen LogP contribution in [0.1, 0.15) is 54.2 Å². The molecule has 0 heterocycles. The normalized spacial score (nSPS) is 29.2. The maximum absolute atomic E-state index is 12.8. The number of hydrogen-bond acceptors (Lipinski definition) is 3. The maximum atomic E-state index is 12.8. The Morgan fingerprint density at radius 3 is 2.59 bits per heavy atom. The fraction of sp³-hybridized carbons (Fsp3) is 0.474. The number of ketones is 2. The third kappa shape index (κ3) is 1.78. The van der Waals surface area contributed by atoms with Crippen LogP contribution in [0, 0.1) is 18.3 Å². The van der Waals surface area contributed by atoms with Crippen LogP contribution < -0.4 is 0 Å². The first-order valence-corrected chi connectivity index (χ1v) is 7.85. The van der Waals surface area contributed by atoms with E-state index in [2.05, 4.69) is 0 Å². The molecule has 0 radical (unpaired) electrons. The van der Waals surface area contributed by atoms with Crippen LogP contribution in [-0.2, 0) is 16.8 Å². The van der Waals surface area contributed by atoms with Crippen molar-refractivity contribution in [2.75, 3.05) is 0 Å². The number of hydrogen-bond donors (Lipinski definition) is 1. The minimum atomic E-state index is -1.24. The van der Waals surface area contributed by atoms with Gasteiger partial charge in [0.15, 0.2) is 11.6 Å². The van der Waals surface area contributed by atoms with E-state index in [1.54, 1.807) is 6.08 Å². The lowest BCUT2D eigenvalue weighted by Crippen LogP contribution is -2.52. The van der Waals surface area contributed by atoms with Crippen LogP contribution in [0.2, 0.25) is 0 Å². The molecule has 2 aliphatic carbocycles. The number of fused-ring (bicyclic) bond motifs is 3. The molecule has 2 atom stereocenters. The Morgan fingerprint density at radius 1 is 1.27 bits per heavy atom. The Bertz CT molecular complexity index is 712. The summed E-state index contributed by atoms with van der Waals surface area (Å²) in [5.74, 6) is -0.396. The second kappa shape index (κ2) is 4.63. The lowest BCUT2D eigenvalue weighted by atomic mass is 9.56. The molecule has 0 spiro atoms. The number of rotatable bonds is 1. The molecule has 2 aliphatic rings. The zero-order valence-electron chi connectivity index (χ0n) is 13.6. The lowest BCUT2D eigenvalue weighted by Gasteiger charge is -2.48. The molecule has 1 aromatic carbocycles. The molecule has 0 bridgehead atoms. The summed E-state index contributed by atoms with van der Waals surface area (Å²) in [5.41, 5.74) is 1.43. The van der Waals surface area contributed by atoms with Crippen molar-refractivity contribution in [3.8, 4) is 0 Å². The van der Waals surface area contributed by atoms with E-state index in [1.165, 1.54) is 6.08 Å². The summed E-state index contributed by atoms with van der Waals surface area (Å²) < 4.78 is 0. The van der Waals surface area contributed by atoms with Gasteiger partial charge >= 0.3 is 0 Å². The molecule has 3 heteroatoms. The van der Waals surface area contributed by atoms with Crippen molar-refractivity contribution in [3.63, 3.8) is 0 Å². The van der Waals surface area contributed by atoms with Gasteiger partial charge in [-0.05, 0) is 42.2 Å². The van der Waals surface area contributed by atoms with Gasteiger partial charge < -0.3 is 5.11 Å². The number of aliphatic hydroxyl groups is 1. The van der Waals surface area contributed by atoms with Crippen molar-refractivity contribution < 1.29 is 14.7 Å². The Morgan fingerprint density at radius 2 is 1.95 bits per heavy atom. The van der Waals surface area contributed by atoms with E-state index in [0.717, 1.165) is 17.5 Å². The van der Waals surface area contributed by atoms with Gasteiger partial charge in [0, 0.05) is 23.3 Å². The van der Waals surface area contributed by atoms with Crippen molar-refractivity contribution in [1.82, 2.24) is 0 Å². The number of carbonyl (C=O) groups is 2. The number of Topliss-reactive ketones (excluding diaryl/α,β-unsaturated/α-hetero) is 1. The van der Waals surface area contributed by atoms with E-state index in [-0.39, 0.29) is 18.0 Å². The molecule has 0 amide bonds. The fourth-order valence-electron chi connectivity index (χ4n) is 4.09. The molecule has 0 saturated carbocycles. The van der Waals surface area contributed by atoms with Gasteiger partial charge in [-0.2, -0.15) is 0 Å². The first-order chi connectivity index (χ1) is 10.2. The highest BCUT2D eigenvalue weighted by atomic mass is 16.3. The summed E-state index contributed by atoms with van der Waals surface area (Å²) in [4.78, 5) is 25.0. The van der Waals surface area contributed by atoms with E-state index in [1.807, 2.05) is 39.8 Å². The number of aryl methyl sites for hydroxylation is 1. The lowest BCUT2D eigenvalue weighted by molar-refractivity contribution is -0.134. The van der Waals surface area contributed by atoms with Crippen LogP contribution in [0.5, 0.6) is 0 Å². The largest absolute Gasteiger partial charge is 0.381 e. The van der Waals surface area contributed by atoms with Gasteiger partial charge in [-0.1, -0.05) is 32.9 Å². The zero-order chi connectivity index (χ0) is 16.3.